The minimum atomic E-state index is 0.315. The molecule has 1 aliphatic rings. The molecule has 0 atom stereocenters. The summed E-state index contributed by atoms with van der Waals surface area (Å²) in [6.07, 6.45) is 6.32. The molecule has 1 saturated carbocycles. The second-order valence-electron chi connectivity index (χ2n) is 3.17. The van der Waals surface area contributed by atoms with Crippen LogP contribution in [0.4, 0.5) is 0 Å². The van der Waals surface area contributed by atoms with Gasteiger partial charge in [-0.2, -0.15) is 0 Å². The second kappa shape index (κ2) is 4.72. The molecule has 2 nitrogen and oxygen atoms in total. The first-order valence-electron chi connectivity index (χ1n) is 4.30. The van der Waals surface area contributed by atoms with Crippen molar-refractivity contribution in [1.29, 1.82) is 0 Å². The van der Waals surface area contributed by atoms with Gasteiger partial charge in [0.25, 0.3) is 0 Å². The molecule has 1 rings (SSSR count). The SMILES string of the molecule is NC(=S)C(=S)NC1CCCCC1. The van der Waals surface area contributed by atoms with Crippen molar-refractivity contribution in [3.8, 4) is 0 Å². The molecular weight excluding hydrogens is 188 g/mol. The van der Waals surface area contributed by atoms with Crippen LogP contribution in [0.5, 0.6) is 0 Å². The normalized spacial score (nSPS) is 18.7. The highest BCUT2D eigenvalue weighted by Gasteiger charge is 2.14. The highest BCUT2D eigenvalue weighted by molar-refractivity contribution is 7.89. The average molecular weight is 202 g/mol. The van der Waals surface area contributed by atoms with Crippen molar-refractivity contribution in [3.05, 3.63) is 0 Å². The van der Waals surface area contributed by atoms with Crippen molar-refractivity contribution < 1.29 is 0 Å². The summed E-state index contributed by atoms with van der Waals surface area (Å²) in [4.78, 5) is 0.868. The molecular formula is C8H14N2S2. The zero-order chi connectivity index (χ0) is 8.97. The van der Waals surface area contributed by atoms with Crippen molar-refractivity contribution in [2.45, 2.75) is 38.1 Å². The van der Waals surface area contributed by atoms with Gasteiger partial charge in [0.2, 0.25) is 0 Å². The van der Waals surface area contributed by atoms with Crippen molar-refractivity contribution in [2.75, 3.05) is 0 Å². The molecule has 1 fully saturated rings. The van der Waals surface area contributed by atoms with E-state index in [9.17, 15) is 0 Å². The standard InChI is InChI=1S/C8H14N2S2/c9-7(11)8(12)10-6-4-2-1-3-5-6/h6H,1-5H2,(H2,9,11)(H,10,12). The van der Waals surface area contributed by atoms with Gasteiger partial charge in [-0.25, -0.2) is 0 Å². The van der Waals surface area contributed by atoms with E-state index in [0.29, 0.717) is 16.0 Å². The molecule has 0 aliphatic heterocycles. The van der Waals surface area contributed by atoms with Crippen LogP contribution in [-0.4, -0.2) is 16.0 Å². The van der Waals surface area contributed by atoms with Crippen LogP contribution in [0.1, 0.15) is 32.1 Å². The predicted molar refractivity (Wildman–Crippen MR) is 59.4 cm³/mol. The molecule has 4 heteroatoms. The Balaban J connectivity index is 2.29. The van der Waals surface area contributed by atoms with Crippen molar-refractivity contribution in [1.82, 2.24) is 5.32 Å². The summed E-state index contributed by atoms with van der Waals surface area (Å²) in [5.41, 5.74) is 5.38. The molecule has 0 heterocycles. The number of nitrogens with one attached hydrogen (secondary N) is 1. The minimum absolute atomic E-state index is 0.315. The third-order valence-electron chi connectivity index (χ3n) is 2.16. The highest BCUT2D eigenvalue weighted by Crippen LogP contribution is 2.17. The number of rotatable bonds is 1. The van der Waals surface area contributed by atoms with E-state index >= 15 is 0 Å². The summed E-state index contributed by atoms with van der Waals surface area (Å²) in [6, 6.07) is 0.507. The molecule has 1 aliphatic carbocycles. The zero-order valence-electron chi connectivity index (χ0n) is 7.01. The predicted octanol–water partition coefficient (Wildman–Crippen LogP) is 1.52. The van der Waals surface area contributed by atoms with Crippen LogP contribution >= 0.6 is 24.4 Å². The average Bonchev–Trinajstić information content (AvgIpc) is 2.06. The molecule has 68 valence electrons. The molecule has 0 spiro atoms. The van der Waals surface area contributed by atoms with Crippen LogP contribution in [0.15, 0.2) is 0 Å². The lowest BCUT2D eigenvalue weighted by atomic mass is 9.95. The van der Waals surface area contributed by atoms with Gasteiger partial charge >= 0.3 is 0 Å². The first-order valence-corrected chi connectivity index (χ1v) is 5.12. The summed E-state index contributed by atoms with van der Waals surface area (Å²) < 4.78 is 0. The maximum absolute atomic E-state index is 5.38. The van der Waals surface area contributed by atoms with Gasteiger partial charge in [0.15, 0.2) is 0 Å². The first kappa shape index (κ1) is 9.86. The Hall–Kier alpha value is -0.220. The Morgan fingerprint density at radius 3 is 2.25 bits per heavy atom. The highest BCUT2D eigenvalue weighted by atomic mass is 32.1. The zero-order valence-corrected chi connectivity index (χ0v) is 8.64. The summed E-state index contributed by atoms with van der Waals surface area (Å²) >= 11 is 9.74. The number of hydrogen-bond acceptors (Lipinski definition) is 2. The van der Waals surface area contributed by atoms with Gasteiger partial charge in [-0.15, -0.1) is 0 Å². The molecule has 0 saturated heterocycles. The Labute approximate surface area is 83.9 Å². The van der Waals surface area contributed by atoms with Gasteiger partial charge in [0.1, 0.15) is 9.98 Å². The number of hydrogen-bond donors (Lipinski definition) is 2. The molecule has 0 aromatic carbocycles. The van der Waals surface area contributed by atoms with Gasteiger partial charge in [-0.05, 0) is 12.8 Å². The lowest BCUT2D eigenvalue weighted by molar-refractivity contribution is 0.416. The maximum atomic E-state index is 5.38. The Morgan fingerprint density at radius 1 is 1.17 bits per heavy atom. The van der Waals surface area contributed by atoms with E-state index in [1.165, 1.54) is 32.1 Å². The van der Waals surface area contributed by atoms with Crippen LogP contribution in [-0.2, 0) is 0 Å². The lowest BCUT2D eigenvalue weighted by Gasteiger charge is -2.23. The molecule has 3 N–H and O–H groups in total. The van der Waals surface area contributed by atoms with E-state index < -0.39 is 0 Å². The summed E-state index contributed by atoms with van der Waals surface area (Å²) in [5, 5.41) is 3.18. The third kappa shape index (κ3) is 3.03. The fraction of sp³-hybridized carbons (Fsp3) is 0.750. The van der Waals surface area contributed by atoms with Gasteiger partial charge < -0.3 is 11.1 Å². The van der Waals surface area contributed by atoms with Crippen LogP contribution in [0.3, 0.4) is 0 Å². The van der Waals surface area contributed by atoms with E-state index in [-0.39, 0.29) is 0 Å². The van der Waals surface area contributed by atoms with Gasteiger partial charge in [0.05, 0.1) is 0 Å². The molecule has 0 radical (unpaired) electrons. The molecule has 0 aromatic rings. The summed E-state index contributed by atoms with van der Waals surface area (Å²) in [7, 11) is 0. The van der Waals surface area contributed by atoms with Crippen LogP contribution in [0.2, 0.25) is 0 Å². The number of thiocarbonyl (C=S) groups is 2. The smallest absolute Gasteiger partial charge is 0.134 e. The molecule has 0 unspecified atom stereocenters. The Kier molecular flexibility index (Phi) is 3.88. The van der Waals surface area contributed by atoms with Crippen molar-refractivity contribution in [3.63, 3.8) is 0 Å². The van der Waals surface area contributed by atoms with Crippen molar-refractivity contribution in [2.24, 2.45) is 5.73 Å². The number of nitrogens with two attached hydrogens (primary N) is 1. The van der Waals surface area contributed by atoms with Crippen molar-refractivity contribution >= 4 is 34.4 Å². The van der Waals surface area contributed by atoms with E-state index in [2.05, 4.69) is 5.32 Å². The summed E-state index contributed by atoms with van der Waals surface area (Å²) in [6.45, 7) is 0. The van der Waals surface area contributed by atoms with Crippen LogP contribution in [0, 0.1) is 0 Å². The lowest BCUT2D eigenvalue weighted by Crippen LogP contribution is -2.41. The maximum Gasteiger partial charge on any atom is 0.134 e. The monoisotopic (exact) mass is 202 g/mol. The Morgan fingerprint density at radius 2 is 1.75 bits per heavy atom. The first-order chi connectivity index (χ1) is 5.70. The quantitative estimate of drug-likeness (QED) is 0.632. The van der Waals surface area contributed by atoms with Gasteiger partial charge in [-0.1, -0.05) is 43.7 Å². The van der Waals surface area contributed by atoms with E-state index in [1.54, 1.807) is 0 Å². The topological polar surface area (TPSA) is 38.0 Å². The van der Waals surface area contributed by atoms with Gasteiger partial charge in [-0.3, -0.25) is 0 Å². The fourth-order valence-electron chi connectivity index (χ4n) is 1.50. The molecule has 0 aromatic heterocycles. The largest absolute Gasteiger partial charge is 0.388 e. The molecule has 0 amide bonds. The Bertz CT molecular complexity index is 185. The van der Waals surface area contributed by atoms with E-state index in [1.807, 2.05) is 0 Å². The second-order valence-corrected chi connectivity index (χ2v) is 4.02. The molecule has 12 heavy (non-hydrogen) atoms. The summed E-state index contributed by atoms with van der Waals surface area (Å²) in [5.74, 6) is 0. The molecule has 0 bridgehead atoms. The van der Waals surface area contributed by atoms with E-state index in [4.69, 9.17) is 30.2 Å². The van der Waals surface area contributed by atoms with Crippen LogP contribution < -0.4 is 11.1 Å². The fourth-order valence-corrected chi connectivity index (χ4v) is 1.73. The van der Waals surface area contributed by atoms with Crippen LogP contribution in [0.25, 0.3) is 0 Å². The van der Waals surface area contributed by atoms with Gasteiger partial charge in [0, 0.05) is 6.04 Å². The minimum Gasteiger partial charge on any atom is -0.388 e. The third-order valence-corrected chi connectivity index (χ3v) is 2.84. The van der Waals surface area contributed by atoms with E-state index in [0.717, 1.165) is 0 Å².